The quantitative estimate of drug-likeness (QED) is 0.675. The van der Waals surface area contributed by atoms with Gasteiger partial charge in [0.25, 0.3) is 0 Å². The standard InChI is InChI=1S/C15H14ClN3S/c1-9(2)10-3-5-11(6-4-10)17-15-18-13(16)12-7-8-20-14(12)19-15/h3-9H,1-2H3,(H,17,18,19). The minimum absolute atomic E-state index is 0.484. The van der Waals surface area contributed by atoms with E-state index in [9.17, 15) is 0 Å². The molecule has 1 aromatic carbocycles. The predicted molar refractivity (Wildman–Crippen MR) is 86.2 cm³/mol. The highest BCUT2D eigenvalue weighted by Gasteiger charge is 2.07. The Labute approximate surface area is 126 Å². The first-order chi connectivity index (χ1) is 9.63. The Bertz CT molecular complexity index is 734. The topological polar surface area (TPSA) is 37.8 Å². The number of fused-ring (bicyclic) bond motifs is 1. The summed E-state index contributed by atoms with van der Waals surface area (Å²) in [6.45, 7) is 4.35. The molecule has 0 spiro atoms. The molecule has 0 saturated heterocycles. The maximum absolute atomic E-state index is 6.15. The van der Waals surface area contributed by atoms with E-state index in [4.69, 9.17) is 11.6 Å². The number of nitrogens with zero attached hydrogens (tertiary/aromatic N) is 2. The van der Waals surface area contributed by atoms with Gasteiger partial charge >= 0.3 is 0 Å². The van der Waals surface area contributed by atoms with Crippen LogP contribution in [-0.2, 0) is 0 Å². The van der Waals surface area contributed by atoms with Gasteiger partial charge in [-0.3, -0.25) is 0 Å². The summed E-state index contributed by atoms with van der Waals surface area (Å²) in [7, 11) is 0. The number of anilines is 2. The van der Waals surface area contributed by atoms with Gasteiger partial charge in [-0.1, -0.05) is 37.6 Å². The summed E-state index contributed by atoms with van der Waals surface area (Å²) in [6.07, 6.45) is 0. The molecule has 102 valence electrons. The first-order valence-electron chi connectivity index (χ1n) is 6.41. The molecular formula is C15H14ClN3S. The van der Waals surface area contributed by atoms with Crippen molar-refractivity contribution in [3.05, 3.63) is 46.4 Å². The number of hydrogen-bond donors (Lipinski definition) is 1. The molecular weight excluding hydrogens is 290 g/mol. The molecule has 1 N–H and O–H groups in total. The largest absolute Gasteiger partial charge is 0.324 e. The van der Waals surface area contributed by atoms with Crippen LogP contribution < -0.4 is 5.32 Å². The van der Waals surface area contributed by atoms with E-state index >= 15 is 0 Å². The number of hydrogen-bond acceptors (Lipinski definition) is 4. The molecule has 20 heavy (non-hydrogen) atoms. The lowest BCUT2D eigenvalue weighted by Crippen LogP contribution is -1.97. The molecule has 0 atom stereocenters. The Morgan fingerprint density at radius 3 is 2.55 bits per heavy atom. The van der Waals surface area contributed by atoms with Crippen molar-refractivity contribution in [3.8, 4) is 0 Å². The molecule has 3 nitrogen and oxygen atoms in total. The highest BCUT2D eigenvalue weighted by atomic mass is 35.5. The second-order valence-electron chi connectivity index (χ2n) is 4.88. The Hall–Kier alpha value is -1.65. The fraction of sp³-hybridized carbons (Fsp3) is 0.200. The van der Waals surface area contributed by atoms with E-state index in [1.165, 1.54) is 5.56 Å². The summed E-state index contributed by atoms with van der Waals surface area (Å²) < 4.78 is 0. The lowest BCUT2D eigenvalue weighted by molar-refractivity contribution is 0.867. The van der Waals surface area contributed by atoms with Crippen LogP contribution in [0.1, 0.15) is 25.3 Å². The van der Waals surface area contributed by atoms with Crippen molar-refractivity contribution < 1.29 is 0 Å². The maximum atomic E-state index is 6.15. The van der Waals surface area contributed by atoms with E-state index in [2.05, 4.69) is 41.3 Å². The molecule has 0 aliphatic carbocycles. The van der Waals surface area contributed by atoms with Crippen molar-refractivity contribution in [2.75, 3.05) is 5.32 Å². The number of aromatic nitrogens is 2. The van der Waals surface area contributed by atoms with Crippen LogP contribution in [0.25, 0.3) is 10.2 Å². The van der Waals surface area contributed by atoms with Crippen LogP contribution in [-0.4, -0.2) is 9.97 Å². The SMILES string of the molecule is CC(C)c1ccc(Nc2nc(Cl)c3ccsc3n2)cc1. The van der Waals surface area contributed by atoms with Gasteiger partial charge in [0.1, 0.15) is 9.98 Å². The van der Waals surface area contributed by atoms with E-state index in [-0.39, 0.29) is 0 Å². The Balaban J connectivity index is 1.88. The first-order valence-corrected chi connectivity index (χ1v) is 7.67. The normalized spacial score (nSPS) is 11.2. The molecule has 3 rings (SSSR count). The fourth-order valence-electron chi connectivity index (χ4n) is 1.96. The average Bonchev–Trinajstić information content (AvgIpc) is 2.88. The minimum Gasteiger partial charge on any atom is -0.324 e. The maximum Gasteiger partial charge on any atom is 0.230 e. The molecule has 3 aromatic rings. The van der Waals surface area contributed by atoms with Crippen molar-refractivity contribution in [3.63, 3.8) is 0 Å². The van der Waals surface area contributed by atoms with Gasteiger partial charge in [0, 0.05) is 11.1 Å². The second kappa shape index (κ2) is 5.38. The molecule has 0 aliphatic rings. The van der Waals surface area contributed by atoms with E-state index < -0.39 is 0 Å². The molecule has 0 saturated carbocycles. The first kappa shape index (κ1) is 13.3. The number of nitrogens with one attached hydrogen (secondary N) is 1. The second-order valence-corrected chi connectivity index (χ2v) is 6.13. The summed E-state index contributed by atoms with van der Waals surface area (Å²) in [5.41, 5.74) is 2.27. The van der Waals surface area contributed by atoms with Crippen LogP contribution in [0.15, 0.2) is 35.7 Å². The van der Waals surface area contributed by atoms with Crippen molar-refractivity contribution in [1.29, 1.82) is 0 Å². The third-order valence-corrected chi connectivity index (χ3v) is 4.21. The van der Waals surface area contributed by atoms with Crippen LogP contribution >= 0.6 is 22.9 Å². The summed E-state index contributed by atoms with van der Waals surface area (Å²) in [6, 6.07) is 10.2. The van der Waals surface area contributed by atoms with E-state index in [1.54, 1.807) is 11.3 Å². The summed E-state index contributed by atoms with van der Waals surface area (Å²) >= 11 is 7.71. The minimum atomic E-state index is 0.484. The molecule has 2 heterocycles. The molecule has 2 aromatic heterocycles. The lowest BCUT2D eigenvalue weighted by atomic mass is 10.0. The molecule has 0 fully saturated rings. The van der Waals surface area contributed by atoms with Gasteiger partial charge in [0.2, 0.25) is 5.95 Å². The van der Waals surface area contributed by atoms with Crippen molar-refractivity contribution >= 4 is 44.8 Å². The van der Waals surface area contributed by atoms with Gasteiger partial charge in [-0.15, -0.1) is 11.3 Å². The average molecular weight is 304 g/mol. The molecule has 0 bridgehead atoms. The van der Waals surface area contributed by atoms with Gasteiger partial charge in [-0.05, 0) is 35.1 Å². The van der Waals surface area contributed by atoms with Crippen molar-refractivity contribution in [2.45, 2.75) is 19.8 Å². The van der Waals surface area contributed by atoms with Crippen LogP contribution in [0.4, 0.5) is 11.6 Å². The molecule has 0 aliphatic heterocycles. The van der Waals surface area contributed by atoms with Gasteiger partial charge < -0.3 is 5.32 Å². The molecule has 0 unspecified atom stereocenters. The number of benzene rings is 1. The van der Waals surface area contributed by atoms with Crippen LogP contribution in [0.5, 0.6) is 0 Å². The Morgan fingerprint density at radius 1 is 1.10 bits per heavy atom. The molecule has 0 radical (unpaired) electrons. The van der Waals surface area contributed by atoms with Gasteiger partial charge in [-0.25, -0.2) is 9.97 Å². The third-order valence-electron chi connectivity index (χ3n) is 3.11. The van der Waals surface area contributed by atoms with Crippen molar-refractivity contribution in [1.82, 2.24) is 9.97 Å². The van der Waals surface area contributed by atoms with Crippen LogP contribution in [0, 0.1) is 0 Å². The molecule has 5 heteroatoms. The van der Waals surface area contributed by atoms with E-state index in [1.807, 2.05) is 23.6 Å². The zero-order valence-corrected chi connectivity index (χ0v) is 12.8. The zero-order valence-electron chi connectivity index (χ0n) is 11.2. The van der Waals surface area contributed by atoms with E-state index in [0.717, 1.165) is 15.9 Å². The fourth-order valence-corrected chi connectivity index (χ4v) is 3.01. The summed E-state index contributed by atoms with van der Waals surface area (Å²) in [4.78, 5) is 9.63. The Kier molecular flexibility index (Phi) is 3.59. The Morgan fingerprint density at radius 2 is 1.85 bits per heavy atom. The van der Waals surface area contributed by atoms with E-state index in [0.29, 0.717) is 17.0 Å². The summed E-state index contributed by atoms with van der Waals surface area (Å²) in [5.74, 6) is 1.06. The third kappa shape index (κ3) is 2.62. The smallest absolute Gasteiger partial charge is 0.230 e. The van der Waals surface area contributed by atoms with Crippen LogP contribution in [0.2, 0.25) is 5.15 Å². The van der Waals surface area contributed by atoms with Crippen LogP contribution in [0.3, 0.4) is 0 Å². The van der Waals surface area contributed by atoms with Gasteiger partial charge in [0.15, 0.2) is 0 Å². The van der Waals surface area contributed by atoms with Gasteiger partial charge in [-0.2, -0.15) is 0 Å². The summed E-state index contributed by atoms with van der Waals surface area (Å²) in [5, 5.41) is 6.54. The van der Waals surface area contributed by atoms with Crippen molar-refractivity contribution in [2.24, 2.45) is 0 Å². The zero-order chi connectivity index (χ0) is 14.1. The number of thiophene rings is 1. The highest BCUT2D eigenvalue weighted by Crippen LogP contribution is 2.27. The number of rotatable bonds is 3. The predicted octanol–water partition coefficient (Wildman–Crippen LogP) is 5.21. The molecule has 0 amide bonds. The monoisotopic (exact) mass is 303 g/mol. The highest BCUT2D eigenvalue weighted by molar-refractivity contribution is 7.16. The van der Waals surface area contributed by atoms with Gasteiger partial charge in [0.05, 0.1) is 0 Å². The lowest BCUT2D eigenvalue weighted by Gasteiger charge is -2.08. The number of halogens is 1.